The summed E-state index contributed by atoms with van der Waals surface area (Å²) < 4.78 is 18.3. The van der Waals surface area contributed by atoms with Crippen molar-refractivity contribution < 1.29 is 19.0 Å². The number of hydrogen-bond acceptors (Lipinski definition) is 5. The first kappa shape index (κ1) is 18.5. The Hall–Kier alpha value is -2.34. The number of aromatic nitrogens is 2. The Morgan fingerprint density at radius 3 is 2.69 bits per heavy atom. The van der Waals surface area contributed by atoms with Gasteiger partial charge in [0.25, 0.3) is 0 Å². The SMILES string of the molecule is CCOC(=O)[C@@]1(Cc2cccc(-c3ncc(F)cn3)c2)C[C@@H](C)[C@H](O)C1. The van der Waals surface area contributed by atoms with Gasteiger partial charge >= 0.3 is 5.97 Å². The third-order valence-electron chi connectivity index (χ3n) is 5.03. The molecule has 26 heavy (non-hydrogen) atoms. The molecule has 1 saturated carbocycles. The maximum atomic E-state index is 13.0. The molecule has 1 aromatic carbocycles. The van der Waals surface area contributed by atoms with E-state index in [1.807, 2.05) is 31.2 Å². The van der Waals surface area contributed by atoms with Crippen LogP contribution in [0, 0.1) is 17.2 Å². The first-order valence-corrected chi connectivity index (χ1v) is 8.85. The second-order valence-electron chi connectivity index (χ2n) is 7.06. The first-order chi connectivity index (χ1) is 12.4. The molecule has 0 unspecified atom stereocenters. The lowest BCUT2D eigenvalue weighted by atomic mass is 9.79. The standard InChI is InChI=1S/C20H23FN2O3/c1-3-26-19(25)20(8-13(2)17(24)10-20)9-14-5-4-6-15(7-14)18-22-11-16(21)12-23-18/h4-7,11-13,17,24H,3,8-10H2,1-2H3/t13-,17-,20-/m1/s1. The molecule has 0 aliphatic heterocycles. The number of nitrogens with zero attached hydrogens (tertiary/aromatic N) is 2. The molecule has 1 heterocycles. The Morgan fingerprint density at radius 1 is 1.35 bits per heavy atom. The summed E-state index contributed by atoms with van der Waals surface area (Å²) in [5, 5.41) is 10.2. The summed E-state index contributed by atoms with van der Waals surface area (Å²) in [4.78, 5) is 20.7. The van der Waals surface area contributed by atoms with Crippen LogP contribution in [0.25, 0.3) is 11.4 Å². The third-order valence-corrected chi connectivity index (χ3v) is 5.03. The van der Waals surface area contributed by atoms with Gasteiger partial charge in [0.1, 0.15) is 0 Å². The number of ether oxygens (including phenoxy) is 1. The van der Waals surface area contributed by atoms with E-state index in [2.05, 4.69) is 9.97 Å². The number of rotatable bonds is 5. The van der Waals surface area contributed by atoms with Crippen molar-refractivity contribution >= 4 is 5.97 Å². The fourth-order valence-corrected chi connectivity index (χ4v) is 3.78. The van der Waals surface area contributed by atoms with Gasteiger partial charge in [-0.3, -0.25) is 4.79 Å². The molecule has 1 fully saturated rings. The van der Waals surface area contributed by atoms with E-state index < -0.39 is 17.3 Å². The molecule has 0 radical (unpaired) electrons. The van der Waals surface area contributed by atoms with Gasteiger partial charge in [-0.2, -0.15) is 0 Å². The van der Waals surface area contributed by atoms with Crippen LogP contribution in [0.5, 0.6) is 0 Å². The molecule has 5 nitrogen and oxygen atoms in total. The van der Waals surface area contributed by atoms with Gasteiger partial charge in [-0.05, 0) is 43.7 Å². The van der Waals surface area contributed by atoms with Crippen molar-refractivity contribution in [1.82, 2.24) is 9.97 Å². The van der Waals surface area contributed by atoms with Gasteiger partial charge < -0.3 is 9.84 Å². The second kappa shape index (κ2) is 7.50. The van der Waals surface area contributed by atoms with Crippen molar-refractivity contribution in [2.45, 2.75) is 39.2 Å². The van der Waals surface area contributed by atoms with E-state index in [9.17, 15) is 14.3 Å². The van der Waals surface area contributed by atoms with E-state index in [0.717, 1.165) is 23.5 Å². The zero-order valence-corrected chi connectivity index (χ0v) is 15.0. The molecule has 1 aliphatic rings. The Bertz CT molecular complexity index is 769. The van der Waals surface area contributed by atoms with Gasteiger partial charge in [-0.25, -0.2) is 14.4 Å². The van der Waals surface area contributed by atoms with Crippen LogP contribution >= 0.6 is 0 Å². The summed E-state index contributed by atoms with van der Waals surface area (Å²) in [6, 6.07) is 7.55. The number of aliphatic hydroxyl groups is 1. The first-order valence-electron chi connectivity index (χ1n) is 8.85. The normalized spacial score (nSPS) is 25.2. The number of carbonyl (C=O) groups excluding carboxylic acids is 1. The van der Waals surface area contributed by atoms with E-state index >= 15 is 0 Å². The molecular weight excluding hydrogens is 335 g/mol. The van der Waals surface area contributed by atoms with Crippen LogP contribution in [-0.2, 0) is 16.0 Å². The minimum absolute atomic E-state index is 0.0445. The highest BCUT2D eigenvalue weighted by molar-refractivity contribution is 5.78. The predicted octanol–water partition coefficient (Wildman–Crippen LogP) is 3.17. The van der Waals surface area contributed by atoms with Crippen molar-refractivity contribution in [3.8, 4) is 11.4 Å². The lowest BCUT2D eigenvalue weighted by molar-refractivity contribution is -0.155. The Labute approximate surface area is 152 Å². The monoisotopic (exact) mass is 358 g/mol. The summed E-state index contributed by atoms with van der Waals surface area (Å²) in [6.07, 6.45) is 3.20. The molecule has 3 atom stereocenters. The average molecular weight is 358 g/mol. The summed E-state index contributed by atoms with van der Waals surface area (Å²) >= 11 is 0. The fraction of sp³-hybridized carbons (Fsp3) is 0.450. The zero-order valence-electron chi connectivity index (χ0n) is 15.0. The topological polar surface area (TPSA) is 72.3 Å². The molecule has 1 aliphatic carbocycles. The van der Waals surface area contributed by atoms with Crippen molar-refractivity contribution in [2.75, 3.05) is 6.61 Å². The van der Waals surface area contributed by atoms with E-state index in [1.54, 1.807) is 6.92 Å². The number of esters is 1. The van der Waals surface area contributed by atoms with Crippen LogP contribution in [0.3, 0.4) is 0 Å². The predicted molar refractivity (Wildman–Crippen MR) is 94.6 cm³/mol. The van der Waals surface area contributed by atoms with E-state index in [0.29, 0.717) is 31.7 Å². The van der Waals surface area contributed by atoms with Crippen LogP contribution in [0.2, 0.25) is 0 Å². The van der Waals surface area contributed by atoms with E-state index in [1.165, 1.54) is 0 Å². The lowest BCUT2D eigenvalue weighted by Gasteiger charge is -2.27. The quantitative estimate of drug-likeness (QED) is 0.831. The maximum absolute atomic E-state index is 13.0. The molecule has 6 heteroatoms. The van der Waals surface area contributed by atoms with Crippen molar-refractivity contribution in [2.24, 2.45) is 11.3 Å². The number of halogens is 1. The number of hydrogen-bond donors (Lipinski definition) is 1. The molecule has 138 valence electrons. The van der Waals surface area contributed by atoms with Gasteiger partial charge in [0.15, 0.2) is 11.6 Å². The van der Waals surface area contributed by atoms with Crippen LogP contribution in [0.4, 0.5) is 4.39 Å². The van der Waals surface area contributed by atoms with Gasteiger partial charge in [-0.15, -0.1) is 0 Å². The minimum Gasteiger partial charge on any atom is -0.466 e. The molecule has 3 rings (SSSR count). The van der Waals surface area contributed by atoms with Gasteiger partial charge in [0, 0.05) is 5.56 Å². The van der Waals surface area contributed by atoms with E-state index in [4.69, 9.17) is 4.74 Å². The number of carbonyl (C=O) groups is 1. The molecule has 0 spiro atoms. The highest BCUT2D eigenvalue weighted by Crippen LogP contribution is 2.45. The molecule has 0 saturated heterocycles. The summed E-state index contributed by atoms with van der Waals surface area (Å²) in [5.74, 6) is -0.270. The Balaban J connectivity index is 1.89. The average Bonchev–Trinajstić information content (AvgIpc) is 2.91. The van der Waals surface area contributed by atoms with Crippen LogP contribution in [-0.4, -0.2) is 33.8 Å². The van der Waals surface area contributed by atoms with Crippen molar-refractivity contribution in [3.05, 3.63) is 48.0 Å². The molecule has 1 N–H and O–H groups in total. The molecule has 1 aromatic heterocycles. The lowest BCUT2D eigenvalue weighted by Crippen LogP contribution is -2.33. The largest absolute Gasteiger partial charge is 0.466 e. The number of benzene rings is 1. The molecule has 2 aromatic rings. The van der Waals surface area contributed by atoms with Crippen LogP contribution in [0.1, 0.15) is 32.3 Å². The molecule has 0 bridgehead atoms. The van der Waals surface area contributed by atoms with Gasteiger partial charge in [0.05, 0.1) is 30.5 Å². The highest BCUT2D eigenvalue weighted by atomic mass is 19.1. The van der Waals surface area contributed by atoms with Gasteiger partial charge in [-0.1, -0.05) is 25.1 Å². The van der Waals surface area contributed by atoms with Gasteiger partial charge in [0.2, 0.25) is 0 Å². The molecular formula is C20H23FN2O3. The highest BCUT2D eigenvalue weighted by Gasteiger charge is 2.49. The number of aliphatic hydroxyl groups excluding tert-OH is 1. The summed E-state index contributed by atoms with van der Waals surface area (Å²) in [7, 11) is 0. The van der Waals surface area contributed by atoms with Crippen molar-refractivity contribution in [3.63, 3.8) is 0 Å². The summed E-state index contributed by atoms with van der Waals surface area (Å²) in [5.41, 5.74) is 0.967. The van der Waals surface area contributed by atoms with Crippen LogP contribution < -0.4 is 0 Å². The summed E-state index contributed by atoms with van der Waals surface area (Å²) in [6.45, 7) is 4.05. The van der Waals surface area contributed by atoms with E-state index in [-0.39, 0.29) is 11.9 Å². The Kier molecular flexibility index (Phi) is 5.32. The smallest absolute Gasteiger partial charge is 0.312 e. The minimum atomic E-state index is -0.725. The third kappa shape index (κ3) is 3.75. The second-order valence-corrected chi connectivity index (χ2v) is 7.06. The van der Waals surface area contributed by atoms with Crippen molar-refractivity contribution in [1.29, 1.82) is 0 Å². The van der Waals surface area contributed by atoms with Crippen LogP contribution in [0.15, 0.2) is 36.7 Å². The maximum Gasteiger partial charge on any atom is 0.312 e. The Morgan fingerprint density at radius 2 is 2.08 bits per heavy atom. The zero-order chi connectivity index (χ0) is 18.7. The molecule has 0 amide bonds. The fourth-order valence-electron chi connectivity index (χ4n) is 3.78.